The minimum Gasteiger partial charge on any atom is -0.310 e. The van der Waals surface area contributed by atoms with Crippen molar-refractivity contribution in [2.45, 2.75) is 10.8 Å². The molecule has 2 spiro atoms. The smallest absolute Gasteiger partial charge is 0.0755 e. The summed E-state index contributed by atoms with van der Waals surface area (Å²) in [6.45, 7) is 0. The number of para-hydroxylation sites is 4. The minimum absolute atomic E-state index is 0.523. The molecule has 2 nitrogen and oxygen atoms in total. The molecule has 17 rings (SSSR count). The van der Waals surface area contributed by atoms with E-state index in [2.05, 4.69) is 313 Å². The highest BCUT2D eigenvalue weighted by molar-refractivity contribution is 6.06. The summed E-state index contributed by atoms with van der Waals surface area (Å²) in [6, 6.07) is 114. The van der Waals surface area contributed by atoms with E-state index in [9.17, 15) is 0 Å². The molecule has 3 aliphatic carbocycles. The van der Waals surface area contributed by atoms with Crippen molar-refractivity contribution in [3.8, 4) is 55.6 Å². The second-order valence-corrected chi connectivity index (χ2v) is 21.7. The van der Waals surface area contributed by atoms with Crippen molar-refractivity contribution in [3.63, 3.8) is 0 Å². The molecule has 1 aliphatic heterocycles. The standard InChI is InChI=1S/C78H50N2/c1-2-26-52(27-3-1)79-73-45-20-17-41-68(73)78(69-42-18-21-46-74(69)79)66-39-15-10-33-60(66)61-49-48-53(50-71(61)78)80(72-44-19-12-34-62(72)57-30-7-6-29-56(57)55-36-22-25-51-24-4-5-28-54(51)55)75-47-23-43-70-76(75)63-35-11-16-40-67(63)77(70)64-37-13-8-31-58(64)59-32-9-14-38-65(59)77/h1-50H. The fourth-order valence-electron chi connectivity index (χ4n) is 15.1. The van der Waals surface area contributed by atoms with Gasteiger partial charge in [0.05, 0.1) is 33.6 Å². The molecule has 13 aromatic carbocycles. The van der Waals surface area contributed by atoms with Gasteiger partial charge in [0.2, 0.25) is 0 Å². The fraction of sp³-hybridized carbons (Fsp3) is 0.0256. The zero-order valence-corrected chi connectivity index (χ0v) is 43.8. The van der Waals surface area contributed by atoms with Crippen LogP contribution < -0.4 is 9.80 Å². The largest absolute Gasteiger partial charge is 0.310 e. The quantitative estimate of drug-likeness (QED) is 0.164. The van der Waals surface area contributed by atoms with E-state index in [1.165, 1.54) is 117 Å². The highest BCUT2D eigenvalue weighted by Gasteiger charge is 2.54. The van der Waals surface area contributed by atoms with Crippen LogP contribution in [0, 0.1) is 0 Å². The van der Waals surface area contributed by atoms with Crippen LogP contribution in [0.25, 0.3) is 66.4 Å². The molecule has 0 radical (unpaired) electrons. The first kappa shape index (κ1) is 44.8. The topological polar surface area (TPSA) is 6.48 Å². The van der Waals surface area contributed by atoms with Gasteiger partial charge in [-0.2, -0.15) is 0 Å². The van der Waals surface area contributed by atoms with E-state index in [4.69, 9.17) is 0 Å². The second kappa shape index (κ2) is 17.1. The molecule has 0 amide bonds. The van der Waals surface area contributed by atoms with E-state index in [0.717, 1.165) is 28.3 Å². The third-order valence-corrected chi connectivity index (χ3v) is 18.1. The normalized spacial score (nSPS) is 13.9. The average molecular weight is 1020 g/mol. The van der Waals surface area contributed by atoms with Crippen molar-refractivity contribution in [2.75, 3.05) is 9.80 Å². The van der Waals surface area contributed by atoms with E-state index < -0.39 is 10.8 Å². The summed E-state index contributed by atoms with van der Waals surface area (Å²) in [7, 11) is 0. The lowest BCUT2D eigenvalue weighted by atomic mass is 9.64. The van der Waals surface area contributed by atoms with Crippen molar-refractivity contribution in [1.82, 2.24) is 0 Å². The summed E-state index contributed by atoms with van der Waals surface area (Å²) in [6.07, 6.45) is 0. The Morgan fingerprint density at radius 2 is 0.662 bits per heavy atom. The second-order valence-electron chi connectivity index (χ2n) is 21.7. The average Bonchev–Trinajstić information content (AvgIpc) is 4.29. The van der Waals surface area contributed by atoms with E-state index >= 15 is 0 Å². The zero-order chi connectivity index (χ0) is 52.5. The van der Waals surface area contributed by atoms with Gasteiger partial charge in [0, 0.05) is 22.5 Å². The third kappa shape index (κ3) is 5.92. The van der Waals surface area contributed by atoms with E-state index in [0.29, 0.717) is 0 Å². The highest BCUT2D eigenvalue weighted by atomic mass is 15.2. The molecule has 372 valence electrons. The molecule has 0 unspecified atom stereocenters. The first-order valence-electron chi connectivity index (χ1n) is 27.9. The van der Waals surface area contributed by atoms with Crippen LogP contribution in [0.4, 0.5) is 34.1 Å². The van der Waals surface area contributed by atoms with E-state index in [-0.39, 0.29) is 0 Å². The van der Waals surface area contributed by atoms with Crippen LogP contribution in [-0.2, 0) is 10.8 Å². The van der Waals surface area contributed by atoms with Crippen molar-refractivity contribution in [3.05, 3.63) is 348 Å². The molecule has 0 saturated heterocycles. The van der Waals surface area contributed by atoms with Gasteiger partial charge >= 0.3 is 0 Å². The van der Waals surface area contributed by atoms with Gasteiger partial charge in [-0.3, -0.25) is 0 Å². The predicted octanol–water partition coefficient (Wildman–Crippen LogP) is 20.1. The Balaban J connectivity index is 0.975. The SMILES string of the molecule is c1ccc(N2c3ccccc3C3(c4ccccc4-c4ccc(N(c5ccccc5-c5ccccc5-c5cccc6ccccc56)c5cccc6c5-c5ccccc5C65c6ccccc6-c6ccccc65)cc43)c3ccccc32)cc1. The molecule has 4 aliphatic rings. The van der Waals surface area contributed by atoms with Gasteiger partial charge in [0.1, 0.15) is 0 Å². The Morgan fingerprint density at radius 3 is 1.31 bits per heavy atom. The number of nitrogens with zero attached hydrogens (tertiary/aromatic N) is 2. The summed E-state index contributed by atoms with van der Waals surface area (Å²) < 4.78 is 0. The number of fused-ring (bicyclic) bond motifs is 20. The Kier molecular flexibility index (Phi) is 9.58. The first-order valence-corrected chi connectivity index (χ1v) is 27.9. The Morgan fingerprint density at radius 1 is 0.250 bits per heavy atom. The molecular weight excluding hydrogens is 965 g/mol. The van der Waals surface area contributed by atoms with Crippen molar-refractivity contribution < 1.29 is 0 Å². The Bertz CT molecular complexity index is 4600. The molecule has 80 heavy (non-hydrogen) atoms. The van der Waals surface area contributed by atoms with Crippen LogP contribution in [0.5, 0.6) is 0 Å². The molecule has 0 bridgehead atoms. The lowest BCUT2D eigenvalue weighted by Gasteiger charge is -2.45. The molecular formula is C78H50N2. The van der Waals surface area contributed by atoms with Crippen LogP contribution in [0.1, 0.15) is 44.5 Å². The summed E-state index contributed by atoms with van der Waals surface area (Å²) in [5.41, 5.74) is 28.3. The highest BCUT2D eigenvalue weighted by Crippen LogP contribution is 2.67. The van der Waals surface area contributed by atoms with Crippen LogP contribution in [0.3, 0.4) is 0 Å². The van der Waals surface area contributed by atoms with Gasteiger partial charge in [-0.25, -0.2) is 0 Å². The zero-order valence-electron chi connectivity index (χ0n) is 43.8. The molecule has 0 fully saturated rings. The van der Waals surface area contributed by atoms with E-state index in [1.807, 2.05) is 0 Å². The summed E-state index contributed by atoms with van der Waals surface area (Å²) in [4.78, 5) is 5.08. The maximum atomic E-state index is 2.62. The third-order valence-electron chi connectivity index (χ3n) is 18.1. The Hall–Kier alpha value is -10.3. The maximum Gasteiger partial charge on any atom is 0.0755 e. The summed E-state index contributed by atoms with van der Waals surface area (Å²) in [5, 5.41) is 2.46. The van der Waals surface area contributed by atoms with Gasteiger partial charge in [-0.15, -0.1) is 0 Å². The van der Waals surface area contributed by atoms with Crippen LogP contribution in [0.15, 0.2) is 303 Å². The lowest BCUT2D eigenvalue weighted by Crippen LogP contribution is -2.36. The molecule has 0 aromatic heterocycles. The molecule has 0 saturated carbocycles. The first-order chi connectivity index (χ1) is 39.7. The van der Waals surface area contributed by atoms with Crippen molar-refractivity contribution in [1.29, 1.82) is 0 Å². The molecule has 1 heterocycles. The lowest BCUT2D eigenvalue weighted by molar-refractivity contribution is 0.752. The fourth-order valence-corrected chi connectivity index (χ4v) is 15.1. The number of hydrogen-bond acceptors (Lipinski definition) is 2. The summed E-state index contributed by atoms with van der Waals surface area (Å²) in [5.74, 6) is 0. The molecule has 0 atom stereocenters. The summed E-state index contributed by atoms with van der Waals surface area (Å²) >= 11 is 0. The molecule has 0 N–H and O–H groups in total. The van der Waals surface area contributed by atoms with Crippen LogP contribution in [0.2, 0.25) is 0 Å². The van der Waals surface area contributed by atoms with Crippen molar-refractivity contribution >= 4 is 44.9 Å². The predicted molar refractivity (Wildman–Crippen MR) is 331 cm³/mol. The van der Waals surface area contributed by atoms with Gasteiger partial charge in [-0.1, -0.05) is 255 Å². The van der Waals surface area contributed by atoms with Gasteiger partial charge < -0.3 is 9.80 Å². The Labute approximate surface area is 466 Å². The monoisotopic (exact) mass is 1010 g/mol. The number of anilines is 6. The van der Waals surface area contributed by atoms with Crippen molar-refractivity contribution in [2.24, 2.45) is 0 Å². The van der Waals surface area contributed by atoms with Crippen LogP contribution >= 0.6 is 0 Å². The number of hydrogen-bond donors (Lipinski definition) is 0. The molecule has 2 heteroatoms. The van der Waals surface area contributed by atoms with E-state index in [1.54, 1.807) is 0 Å². The van der Waals surface area contributed by atoms with Gasteiger partial charge in [0.25, 0.3) is 0 Å². The van der Waals surface area contributed by atoms with Gasteiger partial charge in [-0.05, 0) is 148 Å². The number of benzene rings is 13. The maximum absolute atomic E-state index is 2.62. The van der Waals surface area contributed by atoms with Gasteiger partial charge in [0.15, 0.2) is 0 Å². The number of rotatable bonds is 6. The minimum atomic E-state index is -0.654. The van der Waals surface area contributed by atoms with Crippen LogP contribution in [-0.4, -0.2) is 0 Å². The molecule has 13 aromatic rings.